The quantitative estimate of drug-likeness (QED) is 0.457. The molecule has 0 saturated carbocycles. The van der Waals surface area contributed by atoms with E-state index < -0.39 is 0 Å². The maximum Gasteiger partial charge on any atom is 0.183 e. The zero-order valence-corrected chi connectivity index (χ0v) is 9.34. The van der Waals surface area contributed by atoms with Crippen LogP contribution in [0.5, 0.6) is 0 Å². The molecule has 11 heavy (non-hydrogen) atoms. The first-order chi connectivity index (χ1) is 4.98. The molecular formula is C8H20BOP. The highest BCUT2D eigenvalue weighted by Gasteiger charge is 2.16. The minimum Gasteiger partial charge on any atom is -0.384 e. The number of hydrogen-bond donors (Lipinski definition) is 0. The minimum atomic E-state index is 0.0412. The van der Waals surface area contributed by atoms with Crippen molar-refractivity contribution in [2.24, 2.45) is 5.92 Å². The van der Waals surface area contributed by atoms with Gasteiger partial charge in [0.25, 0.3) is 0 Å². The summed E-state index contributed by atoms with van der Waals surface area (Å²) in [6.07, 6.45) is 1.16. The summed E-state index contributed by atoms with van der Waals surface area (Å²) in [7, 11) is 2.72. The Morgan fingerprint density at radius 3 is 2.36 bits per heavy atom. The molecule has 0 aromatic heterocycles. The third-order valence-corrected chi connectivity index (χ3v) is 2.66. The molecule has 0 amide bonds. The van der Waals surface area contributed by atoms with Crippen molar-refractivity contribution in [3.8, 4) is 0 Å². The second-order valence-electron chi connectivity index (χ2n) is 3.99. The molecule has 0 aliphatic heterocycles. The van der Waals surface area contributed by atoms with Crippen LogP contribution in [0.1, 0.15) is 34.1 Å². The van der Waals surface area contributed by atoms with Crippen molar-refractivity contribution in [2.75, 3.05) is 6.61 Å². The van der Waals surface area contributed by atoms with E-state index in [9.17, 15) is 0 Å². The Bertz CT molecular complexity index is 104. The summed E-state index contributed by atoms with van der Waals surface area (Å²) >= 11 is 0. The zero-order valence-electron chi connectivity index (χ0n) is 8.18. The van der Waals surface area contributed by atoms with Crippen LogP contribution in [0, 0.1) is 5.92 Å². The van der Waals surface area contributed by atoms with E-state index >= 15 is 0 Å². The van der Waals surface area contributed by atoms with Gasteiger partial charge < -0.3 is 4.74 Å². The summed E-state index contributed by atoms with van der Waals surface area (Å²) in [5, 5.41) is 0. The van der Waals surface area contributed by atoms with Crippen molar-refractivity contribution in [1.82, 2.24) is 0 Å². The predicted octanol–water partition coefficient (Wildman–Crippen LogP) is 2.01. The van der Waals surface area contributed by atoms with Crippen molar-refractivity contribution in [3.63, 3.8) is 0 Å². The van der Waals surface area contributed by atoms with E-state index in [4.69, 9.17) is 4.74 Å². The van der Waals surface area contributed by atoms with Crippen LogP contribution in [-0.4, -0.2) is 19.1 Å². The second kappa shape index (κ2) is 5.16. The molecule has 1 nitrogen and oxygen atoms in total. The standard InChI is InChI=1S/C8H20BOP/c1-7(2)5-6-10-8(3,4)9-11/h7,9H,5-6,11H2,1-4H3. The number of hydrogen-bond acceptors (Lipinski definition) is 1. The average Bonchev–Trinajstić information content (AvgIpc) is 1.87. The molecule has 0 rings (SSSR count). The van der Waals surface area contributed by atoms with Crippen LogP contribution < -0.4 is 0 Å². The lowest BCUT2D eigenvalue weighted by atomic mass is 9.84. The Hall–Kier alpha value is 0.455. The molecule has 1 unspecified atom stereocenters. The van der Waals surface area contributed by atoms with Crippen LogP contribution >= 0.6 is 9.12 Å². The van der Waals surface area contributed by atoms with Gasteiger partial charge in [0.05, 0.1) is 0 Å². The van der Waals surface area contributed by atoms with Gasteiger partial charge in [0, 0.05) is 12.1 Å². The van der Waals surface area contributed by atoms with E-state index in [1.807, 2.05) is 0 Å². The van der Waals surface area contributed by atoms with Crippen molar-refractivity contribution in [1.29, 1.82) is 0 Å². The van der Waals surface area contributed by atoms with Crippen molar-refractivity contribution in [3.05, 3.63) is 0 Å². The van der Waals surface area contributed by atoms with Crippen LogP contribution in [0.4, 0.5) is 0 Å². The Balaban J connectivity index is 3.38. The molecule has 0 aromatic carbocycles. The van der Waals surface area contributed by atoms with Gasteiger partial charge >= 0.3 is 0 Å². The van der Waals surface area contributed by atoms with Gasteiger partial charge in [-0.05, 0) is 26.2 Å². The van der Waals surface area contributed by atoms with Gasteiger partial charge in [0.2, 0.25) is 0 Å². The van der Waals surface area contributed by atoms with Gasteiger partial charge in [0.15, 0.2) is 7.00 Å². The molecule has 0 bridgehead atoms. The molecule has 0 aromatic rings. The first kappa shape index (κ1) is 11.5. The smallest absolute Gasteiger partial charge is 0.183 e. The molecule has 66 valence electrons. The first-order valence-electron chi connectivity index (χ1n) is 4.32. The highest BCUT2D eigenvalue weighted by Crippen LogP contribution is 2.11. The highest BCUT2D eigenvalue weighted by atomic mass is 31.0. The maximum absolute atomic E-state index is 5.67. The monoisotopic (exact) mass is 174 g/mol. The van der Waals surface area contributed by atoms with Gasteiger partial charge in [-0.1, -0.05) is 13.8 Å². The first-order valence-corrected chi connectivity index (χ1v) is 5.13. The van der Waals surface area contributed by atoms with Crippen LogP contribution in [0.2, 0.25) is 0 Å². The van der Waals surface area contributed by atoms with E-state index in [0.717, 1.165) is 25.9 Å². The topological polar surface area (TPSA) is 9.23 Å². The summed E-state index contributed by atoms with van der Waals surface area (Å²) in [5.74, 6) is 0.746. The lowest BCUT2D eigenvalue weighted by Crippen LogP contribution is -2.29. The Labute approximate surface area is 73.7 Å². The lowest BCUT2D eigenvalue weighted by molar-refractivity contribution is 0.0383. The Kier molecular flexibility index (Phi) is 5.38. The van der Waals surface area contributed by atoms with E-state index in [2.05, 4.69) is 36.8 Å². The number of rotatable bonds is 5. The van der Waals surface area contributed by atoms with E-state index in [1.165, 1.54) is 0 Å². The van der Waals surface area contributed by atoms with Crippen molar-refractivity contribution >= 4 is 16.1 Å². The lowest BCUT2D eigenvalue weighted by Gasteiger charge is -2.23. The molecule has 1 atom stereocenters. The van der Waals surface area contributed by atoms with Gasteiger partial charge in [-0.3, -0.25) is 0 Å². The van der Waals surface area contributed by atoms with Crippen LogP contribution in [-0.2, 0) is 4.74 Å². The van der Waals surface area contributed by atoms with Crippen LogP contribution in [0.3, 0.4) is 0 Å². The zero-order chi connectivity index (χ0) is 8.91. The molecule has 0 spiro atoms. The highest BCUT2D eigenvalue weighted by molar-refractivity contribution is 7.56. The molecule has 0 fully saturated rings. The minimum absolute atomic E-state index is 0.0412. The van der Waals surface area contributed by atoms with E-state index in [-0.39, 0.29) is 5.50 Å². The number of ether oxygens (including phenoxy) is 1. The van der Waals surface area contributed by atoms with Gasteiger partial charge in [0.1, 0.15) is 0 Å². The summed E-state index contributed by atoms with van der Waals surface area (Å²) in [6.45, 7) is 10.6. The SMILES string of the molecule is CC(C)CCOC(C)(C)BP. The van der Waals surface area contributed by atoms with E-state index in [0.29, 0.717) is 0 Å². The molecule has 0 aliphatic carbocycles. The van der Waals surface area contributed by atoms with Crippen LogP contribution in [0.25, 0.3) is 0 Å². The molecule has 0 N–H and O–H groups in total. The summed E-state index contributed by atoms with van der Waals surface area (Å²) in [5.41, 5.74) is 0.0412. The van der Waals surface area contributed by atoms with E-state index in [1.54, 1.807) is 0 Å². The summed E-state index contributed by atoms with van der Waals surface area (Å²) in [6, 6.07) is 0. The van der Waals surface area contributed by atoms with Crippen molar-refractivity contribution in [2.45, 2.75) is 39.6 Å². The Morgan fingerprint density at radius 1 is 1.45 bits per heavy atom. The molecular weight excluding hydrogens is 154 g/mol. The molecule has 0 saturated heterocycles. The third-order valence-electron chi connectivity index (χ3n) is 1.68. The fourth-order valence-electron chi connectivity index (χ4n) is 0.630. The molecule has 0 aliphatic rings. The molecule has 3 heteroatoms. The van der Waals surface area contributed by atoms with Gasteiger partial charge in [-0.25, -0.2) is 0 Å². The maximum atomic E-state index is 5.67. The van der Waals surface area contributed by atoms with Gasteiger partial charge in [-0.15, -0.1) is 0 Å². The molecule has 0 radical (unpaired) electrons. The molecule has 0 heterocycles. The fourth-order valence-corrected chi connectivity index (χ4v) is 0.748. The predicted molar refractivity (Wildman–Crippen MR) is 56.3 cm³/mol. The second-order valence-corrected chi connectivity index (χ2v) is 4.40. The largest absolute Gasteiger partial charge is 0.384 e. The normalized spacial score (nSPS) is 12.2. The average molecular weight is 174 g/mol. The van der Waals surface area contributed by atoms with Crippen LogP contribution in [0.15, 0.2) is 0 Å². The van der Waals surface area contributed by atoms with Crippen molar-refractivity contribution < 1.29 is 4.74 Å². The summed E-state index contributed by atoms with van der Waals surface area (Å²) < 4.78 is 5.67. The summed E-state index contributed by atoms with van der Waals surface area (Å²) in [4.78, 5) is 0. The Morgan fingerprint density at radius 2 is 2.00 bits per heavy atom. The third kappa shape index (κ3) is 6.84. The van der Waals surface area contributed by atoms with Gasteiger partial charge in [-0.2, -0.15) is 9.12 Å². The fraction of sp³-hybridized carbons (Fsp3) is 1.00.